The van der Waals surface area contributed by atoms with E-state index in [0.717, 1.165) is 37.5 Å². The summed E-state index contributed by atoms with van der Waals surface area (Å²) in [6, 6.07) is 14.8. The summed E-state index contributed by atoms with van der Waals surface area (Å²) in [5.74, 6) is 0.458. The van der Waals surface area contributed by atoms with Crippen molar-refractivity contribution in [2.75, 3.05) is 39.4 Å². The van der Waals surface area contributed by atoms with Crippen LogP contribution in [0.4, 0.5) is 0 Å². The molecular formula is C28H33N3O5. The van der Waals surface area contributed by atoms with Gasteiger partial charge in [-0.3, -0.25) is 9.59 Å². The predicted molar refractivity (Wildman–Crippen MR) is 135 cm³/mol. The summed E-state index contributed by atoms with van der Waals surface area (Å²) >= 11 is 0. The third kappa shape index (κ3) is 5.09. The number of rotatable bonds is 3. The molecule has 0 atom stereocenters. The molecule has 3 aliphatic heterocycles. The highest BCUT2D eigenvalue weighted by atomic mass is 16.5. The van der Waals surface area contributed by atoms with Crippen molar-refractivity contribution < 1.29 is 24.0 Å². The smallest absolute Gasteiger partial charge is 0.257 e. The number of piperidine rings is 1. The zero-order valence-corrected chi connectivity index (χ0v) is 20.5. The molecular weight excluding hydrogens is 458 g/mol. The first-order chi connectivity index (χ1) is 17.6. The number of carbonyl (C=O) groups excluding carboxylic acids is 2. The Morgan fingerprint density at radius 1 is 0.972 bits per heavy atom. The van der Waals surface area contributed by atoms with Crippen molar-refractivity contribution in [3.63, 3.8) is 0 Å². The number of hydrogen-bond acceptors (Lipinski definition) is 6. The maximum Gasteiger partial charge on any atom is 0.257 e. The standard InChI is InChI=1S/C28H33N3O5/c32-20-28-11-5-6-14-30(26(33)19-23-21-7-1-4-10-25(21)36-29-23)17-18-35-24-9-3-2-8-22(24)27(34)31(15-12-28)16-13-28/h1-4,7-10,32H,5-6,11-20H2. The molecule has 4 heterocycles. The average molecular weight is 492 g/mol. The van der Waals surface area contributed by atoms with Gasteiger partial charge in [-0.05, 0) is 55.4 Å². The Balaban J connectivity index is 1.35. The van der Waals surface area contributed by atoms with Crippen molar-refractivity contribution in [1.29, 1.82) is 0 Å². The number of aromatic nitrogens is 1. The average Bonchev–Trinajstić information content (AvgIpc) is 3.32. The fourth-order valence-electron chi connectivity index (χ4n) is 5.36. The second-order valence-electron chi connectivity index (χ2n) is 9.94. The lowest BCUT2D eigenvalue weighted by molar-refractivity contribution is -0.131. The van der Waals surface area contributed by atoms with Gasteiger partial charge in [-0.2, -0.15) is 0 Å². The number of benzene rings is 2. The van der Waals surface area contributed by atoms with Gasteiger partial charge in [-0.15, -0.1) is 0 Å². The molecule has 36 heavy (non-hydrogen) atoms. The van der Waals surface area contributed by atoms with Gasteiger partial charge in [-0.1, -0.05) is 35.8 Å². The fourth-order valence-corrected chi connectivity index (χ4v) is 5.36. The Morgan fingerprint density at radius 2 is 1.75 bits per heavy atom. The van der Waals surface area contributed by atoms with Crippen molar-refractivity contribution in [1.82, 2.24) is 15.0 Å². The van der Waals surface area contributed by atoms with E-state index >= 15 is 0 Å². The zero-order chi connectivity index (χ0) is 25.0. The van der Waals surface area contributed by atoms with Crippen LogP contribution in [-0.2, 0) is 11.2 Å². The molecule has 8 nitrogen and oxygen atoms in total. The molecule has 190 valence electrons. The molecule has 1 saturated heterocycles. The van der Waals surface area contributed by atoms with E-state index in [9.17, 15) is 14.7 Å². The lowest BCUT2D eigenvalue weighted by Gasteiger charge is -2.41. The molecule has 0 unspecified atom stereocenters. The topological polar surface area (TPSA) is 96.1 Å². The van der Waals surface area contributed by atoms with Gasteiger partial charge >= 0.3 is 0 Å². The second kappa shape index (κ2) is 10.7. The van der Waals surface area contributed by atoms with Crippen LogP contribution in [0.25, 0.3) is 11.0 Å². The van der Waals surface area contributed by atoms with Crippen LogP contribution in [-0.4, -0.2) is 71.3 Å². The monoisotopic (exact) mass is 491 g/mol. The molecule has 2 aromatic carbocycles. The summed E-state index contributed by atoms with van der Waals surface area (Å²) in [6.45, 7) is 2.68. The summed E-state index contributed by atoms with van der Waals surface area (Å²) in [5.41, 5.74) is 1.67. The van der Waals surface area contributed by atoms with Gasteiger partial charge in [0.2, 0.25) is 5.91 Å². The number of fused-ring (bicyclic) bond motifs is 10. The molecule has 2 bridgehead atoms. The lowest BCUT2D eigenvalue weighted by Crippen LogP contribution is -2.44. The molecule has 3 aliphatic rings. The summed E-state index contributed by atoms with van der Waals surface area (Å²) in [5, 5.41) is 15.2. The number of ether oxygens (including phenoxy) is 1. The van der Waals surface area contributed by atoms with Gasteiger partial charge in [0.15, 0.2) is 5.58 Å². The molecule has 3 aromatic rings. The minimum Gasteiger partial charge on any atom is -0.491 e. The van der Waals surface area contributed by atoms with Crippen molar-refractivity contribution in [3.05, 3.63) is 59.8 Å². The Morgan fingerprint density at radius 3 is 2.58 bits per heavy atom. The largest absolute Gasteiger partial charge is 0.491 e. The van der Waals surface area contributed by atoms with Gasteiger partial charge in [0, 0.05) is 31.6 Å². The zero-order valence-electron chi connectivity index (χ0n) is 20.5. The number of hydrogen-bond donors (Lipinski definition) is 1. The van der Waals surface area contributed by atoms with Gasteiger partial charge in [0.05, 0.1) is 18.5 Å². The van der Waals surface area contributed by atoms with E-state index in [2.05, 4.69) is 5.16 Å². The van der Waals surface area contributed by atoms with Gasteiger partial charge in [0.1, 0.15) is 18.1 Å². The van der Waals surface area contributed by atoms with E-state index in [1.54, 1.807) is 12.1 Å². The van der Waals surface area contributed by atoms with Crippen LogP contribution >= 0.6 is 0 Å². The first-order valence-electron chi connectivity index (χ1n) is 12.8. The van der Waals surface area contributed by atoms with Crippen LogP contribution in [0.15, 0.2) is 53.1 Å². The number of carbonyl (C=O) groups is 2. The van der Waals surface area contributed by atoms with Crippen LogP contribution in [0.5, 0.6) is 5.75 Å². The third-order valence-electron chi connectivity index (χ3n) is 7.69. The van der Waals surface area contributed by atoms with E-state index in [1.165, 1.54) is 0 Å². The molecule has 1 N–H and O–H groups in total. The van der Waals surface area contributed by atoms with E-state index in [-0.39, 0.29) is 36.9 Å². The highest BCUT2D eigenvalue weighted by Gasteiger charge is 2.36. The second-order valence-corrected chi connectivity index (χ2v) is 9.94. The van der Waals surface area contributed by atoms with E-state index in [0.29, 0.717) is 48.8 Å². The number of nitrogens with zero attached hydrogens (tertiary/aromatic N) is 3. The molecule has 6 rings (SSSR count). The summed E-state index contributed by atoms with van der Waals surface area (Å²) < 4.78 is 11.4. The number of aliphatic hydroxyl groups is 1. The van der Waals surface area contributed by atoms with Crippen molar-refractivity contribution in [2.24, 2.45) is 5.41 Å². The van der Waals surface area contributed by atoms with Crippen LogP contribution in [0.2, 0.25) is 0 Å². The summed E-state index contributed by atoms with van der Waals surface area (Å²) in [6.07, 6.45) is 4.34. The highest BCUT2D eigenvalue weighted by Crippen LogP contribution is 2.37. The SMILES string of the molecule is O=C(Cc1noc2ccccc12)N1CCCCC2(CO)CCN(CC2)C(=O)c2ccccc2OCC1. The van der Waals surface area contributed by atoms with Crippen molar-refractivity contribution in [2.45, 2.75) is 38.5 Å². The van der Waals surface area contributed by atoms with Crippen LogP contribution in [0.1, 0.15) is 48.2 Å². The minimum absolute atomic E-state index is 0.0322. The Labute approximate surface area is 210 Å². The number of aliphatic hydroxyl groups excluding tert-OH is 1. The molecule has 0 aliphatic carbocycles. The summed E-state index contributed by atoms with van der Waals surface area (Å²) in [7, 11) is 0. The molecule has 0 radical (unpaired) electrons. The van der Waals surface area contributed by atoms with Gasteiger partial charge < -0.3 is 24.2 Å². The quantitative estimate of drug-likeness (QED) is 0.601. The van der Waals surface area contributed by atoms with E-state index in [1.807, 2.05) is 46.2 Å². The van der Waals surface area contributed by atoms with Crippen LogP contribution < -0.4 is 4.74 Å². The third-order valence-corrected chi connectivity index (χ3v) is 7.69. The normalized spacial score (nSPS) is 18.9. The fraction of sp³-hybridized carbons (Fsp3) is 0.464. The van der Waals surface area contributed by atoms with Gasteiger partial charge in [0.25, 0.3) is 5.91 Å². The minimum atomic E-state index is -0.165. The summed E-state index contributed by atoms with van der Waals surface area (Å²) in [4.78, 5) is 30.3. The molecule has 0 spiro atoms. The van der Waals surface area contributed by atoms with Gasteiger partial charge in [-0.25, -0.2) is 0 Å². The Hall–Kier alpha value is -3.39. The molecule has 8 heteroatoms. The Kier molecular flexibility index (Phi) is 7.23. The van der Waals surface area contributed by atoms with Crippen molar-refractivity contribution >= 4 is 22.8 Å². The first-order valence-corrected chi connectivity index (χ1v) is 12.8. The van der Waals surface area contributed by atoms with Crippen LogP contribution in [0, 0.1) is 5.41 Å². The molecule has 0 saturated carbocycles. The molecule has 1 fully saturated rings. The highest BCUT2D eigenvalue weighted by molar-refractivity contribution is 5.97. The Bertz CT molecular complexity index is 1210. The van der Waals surface area contributed by atoms with E-state index in [4.69, 9.17) is 9.26 Å². The molecule has 1 aromatic heterocycles. The number of para-hydroxylation sites is 2. The van der Waals surface area contributed by atoms with Crippen molar-refractivity contribution in [3.8, 4) is 5.75 Å². The lowest BCUT2D eigenvalue weighted by atomic mass is 9.75. The predicted octanol–water partition coefficient (Wildman–Crippen LogP) is 3.68. The van der Waals surface area contributed by atoms with E-state index < -0.39 is 0 Å². The first kappa shape index (κ1) is 24.3. The molecule has 2 amide bonds. The maximum absolute atomic E-state index is 13.3. The maximum atomic E-state index is 13.3. The van der Waals surface area contributed by atoms with Crippen LogP contribution in [0.3, 0.4) is 0 Å². The number of amides is 2.